The van der Waals surface area contributed by atoms with E-state index in [1.165, 1.54) is 0 Å². The number of amides is 1. The molecule has 0 spiro atoms. The molecule has 0 unspecified atom stereocenters. The summed E-state index contributed by atoms with van der Waals surface area (Å²) in [6, 6.07) is 3.92. The van der Waals surface area contributed by atoms with Crippen molar-refractivity contribution >= 4 is 17.2 Å². The van der Waals surface area contributed by atoms with Crippen molar-refractivity contribution < 1.29 is 9.21 Å². The van der Waals surface area contributed by atoms with Crippen LogP contribution in [0.1, 0.15) is 31.7 Å². The number of oxazole rings is 1. The van der Waals surface area contributed by atoms with Crippen molar-refractivity contribution in [1.82, 2.24) is 10.3 Å². The summed E-state index contributed by atoms with van der Waals surface area (Å²) >= 11 is 1.58. The smallest absolute Gasteiger partial charge is 0.236 e. The number of carbonyl (C=O) groups is 1. The lowest BCUT2D eigenvalue weighted by Gasteiger charge is -2.06. The Morgan fingerprint density at radius 2 is 2.30 bits per heavy atom. The molecule has 0 bridgehead atoms. The van der Waals surface area contributed by atoms with Crippen LogP contribution in [-0.2, 0) is 11.2 Å². The summed E-state index contributed by atoms with van der Waals surface area (Å²) in [6.07, 6.45) is 1.27. The summed E-state index contributed by atoms with van der Waals surface area (Å²) in [5.74, 6) is 1.91. The lowest BCUT2D eigenvalue weighted by atomic mass is 10.1. The predicted octanol–water partition coefficient (Wildman–Crippen LogP) is 3.42. The van der Waals surface area contributed by atoms with Gasteiger partial charge in [-0.25, -0.2) is 4.98 Å². The van der Waals surface area contributed by atoms with Gasteiger partial charge in [0.15, 0.2) is 0 Å². The second-order valence-electron chi connectivity index (χ2n) is 5.21. The molecule has 1 N–H and O–H groups in total. The van der Waals surface area contributed by atoms with E-state index in [9.17, 15) is 4.79 Å². The minimum atomic E-state index is -0.000204. The molecule has 2 rings (SSSR count). The lowest BCUT2D eigenvalue weighted by molar-refractivity contribution is -0.120. The molecule has 20 heavy (non-hydrogen) atoms. The van der Waals surface area contributed by atoms with E-state index in [4.69, 9.17) is 4.42 Å². The Bertz CT molecular complexity index is 558. The van der Waals surface area contributed by atoms with E-state index in [2.05, 4.69) is 24.1 Å². The van der Waals surface area contributed by atoms with E-state index < -0.39 is 0 Å². The maximum atomic E-state index is 11.9. The Kier molecular flexibility index (Phi) is 4.95. The van der Waals surface area contributed by atoms with Gasteiger partial charge in [0.2, 0.25) is 11.8 Å². The number of nitrogens with zero attached hydrogens (tertiary/aromatic N) is 1. The number of thiophene rings is 1. The molecule has 0 saturated heterocycles. The maximum Gasteiger partial charge on any atom is 0.236 e. The molecule has 0 saturated carbocycles. The Labute approximate surface area is 123 Å². The Morgan fingerprint density at radius 1 is 1.50 bits per heavy atom. The number of rotatable bonds is 6. The van der Waals surface area contributed by atoms with Crippen molar-refractivity contribution in [2.24, 2.45) is 5.92 Å². The Hall–Kier alpha value is -1.62. The van der Waals surface area contributed by atoms with E-state index >= 15 is 0 Å². The van der Waals surface area contributed by atoms with Crippen LogP contribution in [0.4, 0.5) is 0 Å². The number of hydrogen-bond acceptors (Lipinski definition) is 4. The number of aromatic nitrogens is 1. The van der Waals surface area contributed by atoms with Crippen LogP contribution in [0.25, 0.3) is 10.8 Å². The van der Waals surface area contributed by atoms with Crippen LogP contribution in [0.2, 0.25) is 0 Å². The molecule has 2 aromatic heterocycles. The van der Waals surface area contributed by atoms with E-state index in [1.807, 2.05) is 24.4 Å². The van der Waals surface area contributed by atoms with Gasteiger partial charge in [-0.1, -0.05) is 19.9 Å². The monoisotopic (exact) mass is 292 g/mol. The summed E-state index contributed by atoms with van der Waals surface area (Å²) in [7, 11) is 0. The van der Waals surface area contributed by atoms with Crippen LogP contribution in [0.5, 0.6) is 0 Å². The first-order chi connectivity index (χ1) is 9.56. The summed E-state index contributed by atoms with van der Waals surface area (Å²) in [5.41, 5.74) is 0.718. The van der Waals surface area contributed by atoms with Crippen LogP contribution >= 0.6 is 11.3 Å². The highest BCUT2D eigenvalue weighted by molar-refractivity contribution is 7.13. The van der Waals surface area contributed by atoms with E-state index in [0.29, 0.717) is 24.1 Å². The first-order valence-electron chi connectivity index (χ1n) is 6.83. The van der Waals surface area contributed by atoms with E-state index in [0.717, 1.165) is 17.0 Å². The molecule has 5 heteroatoms. The molecule has 0 aromatic carbocycles. The number of hydrogen-bond donors (Lipinski definition) is 1. The molecule has 108 valence electrons. The molecule has 0 aliphatic rings. The number of nitrogens with one attached hydrogen (secondary N) is 1. The van der Waals surface area contributed by atoms with Gasteiger partial charge in [-0.15, -0.1) is 11.3 Å². The van der Waals surface area contributed by atoms with Crippen LogP contribution < -0.4 is 5.32 Å². The summed E-state index contributed by atoms with van der Waals surface area (Å²) < 4.78 is 5.62. The van der Waals surface area contributed by atoms with Crippen LogP contribution in [-0.4, -0.2) is 17.4 Å². The lowest BCUT2D eigenvalue weighted by Crippen LogP contribution is -2.27. The van der Waals surface area contributed by atoms with Gasteiger partial charge in [0.25, 0.3) is 0 Å². The first-order valence-corrected chi connectivity index (χ1v) is 7.71. The zero-order valence-electron chi connectivity index (χ0n) is 12.1. The third-order valence-electron chi connectivity index (χ3n) is 3.00. The van der Waals surface area contributed by atoms with Crippen molar-refractivity contribution in [1.29, 1.82) is 0 Å². The molecule has 0 aliphatic heterocycles. The average molecular weight is 292 g/mol. The van der Waals surface area contributed by atoms with Crippen molar-refractivity contribution in [3.63, 3.8) is 0 Å². The molecule has 2 aromatic rings. The normalized spacial score (nSPS) is 11.0. The average Bonchev–Trinajstić information content (AvgIpc) is 2.99. The highest BCUT2D eigenvalue weighted by Crippen LogP contribution is 2.25. The third-order valence-corrected chi connectivity index (χ3v) is 3.85. The first kappa shape index (κ1) is 14.8. The second kappa shape index (κ2) is 6.70. The van der Waals surface area contributed by atoms with Gasteiger partial charge in [0.05, 0.1) is 17.0 Å². The van der Waals surface area contributed by atoms with Gasteiger partial charge in [-0.3, -0.25) is 4.79 Å². The van der Waals surface area contributed by atoms with Crippen LogP contribution in [0.15, 0.2) is 21.9 Å². The van der Waals surface area contributed by atoms with Crippen LogP contribution in [0.3, 0.4) is 0 Å². The second-order valence-corrected chi connectivity index (χ2v) is 6.16. The van der Waals surface area contributed by atoms with Crippen LogP contribution in [0, 0.1) is 12.8 Å². The Morgan fingerprint density at radius 3 is 2.95 bits per heavy atom. The van der Waals surface area contributed by atoms with Crippen molar-refractivity contribution in [2.45, 2.75) is 33.6 Å². The molecule has 2 heterocycles. The minimum absolute atomic E-state index is 0.000204. The number of aryl methyl sites for hydroxylation is 1. The highest BCUT2D eigenvalue weighted by atomic mass is 32.1. The van der Waals surface area contributed by atoms with Gasteiger partial charge in [-0.2, -0.15) is 0 Å². The fraction of sp³-hybridized carbons (Fsp3) is 0.467. The largest absolute Gasteiger partial charge is 0.440 e. The molecule has 0 radical (unpaired) electrons. The van der Waals surface area contributed by atoms with E-state index in [1.54, 1.807) is 11.3 Å². The standard InChI is InChI=1S/C15H20N2O2S/c1-10(2)6-7-16-14(18)9-12-11(3)19-15(17-12)13-5-4-8-20-13/h4-5,8,10H,6-7,9H2,1-3H3,(H,16,18). The molecule has 4 nitrogen and oxygen atoms in total. The molecular formula is C15H20N2O2S. The topological polar surface area (TPSA) is 55.1 Å². The van der Waals surface area contributed by atoms with Crippen molar-refractivity contribution in [3.05, 3.63) is 29.0 Å². The fourth-order valence-electron chi connectivity index (χ4n) is 1.81. The van der Waals surface area contributed by atoms with Gasteiger partial charge in [-0.05, 0) is 30.7 Å². The molecule has 1 amide bonds. The number of carbonyl (C=O) groups excluding carboxylic acids is 1. The molecule has 0 fully saturated rings. The predicted molar refractivity (Wildman–Crippen MR) is 80.7 cm³/mol. The summed E-state index contributed by atoms with van der Waals surface area (Å²) in [6.45, 7) is 6.84. The zero-order valence-corrected chi connectivity index (χ0v) is 12.9. The molecule has 0 aliphatic carbocycles. The zero-order chi connectivity index (χ0) is 14.5. The van der Waals surface area contributed by atoms with Gasteiger partial charge in [0.1, 0.15) is 5.76 Å². The van der Waals surface area contributed by atoms with Gasteiger partial charge >= 0.3 is 0 Å². The van der Waals surface area contributed by atoms with Crippen molar-refractivity contribution in [3.8, 4) is 10.8 Å². The molecular weight excluding hydrogens is 272 g/mol. The summed E-state index contributed by atoms with van der Waals surface area (Å²) in [4.78, 5) is 17.3. The highest BCUT2D eigenvalue weighted by Gasteiger charge is 2.14. The summed E-state index contributed by atoms with van der Waals surface area (Å²) in [5, 5.41) is 4.90. The van der Waals surface area contributed by atoms with E-state index in [-0.39, 0.29) is 12.3 Å². The van der Waals surface area contributed by atoms with Gasteiger partial charge < -0.3 is 9.73 Å². The van der Waals surface area contributed by atoms with Gasteiger partial charge in [0, 0.05) is 6.54 Å². The third kappa shape index (κ3) is 3.93. The quantitative estimate of drug-likeness (QED) is 0.887. The molecule has 0 atom stereocenters. The minimum Gasteiger partial charge on any atom is -0.440 e. The van der Waals surface area contributed by atoms with Crippen molar-refractivity contribution in [2.75, 3.05) is 6.54 Å². The SMILES string of the molecule is Cc1oc(-c2cccs2)nc1CC(=O)NCCC(C)C. The fourth-order valence-corrected chi connectivity index (χ4v) is 2.46. The Balaban J connectivity index is 1.94. The maximum absolute atomic E-state index is 11.9.